The second kappa shape index (κ2) is 10.5. The number of ether oxygens (including phenoxy) is 1. The van der Waals surface area contributed by atoms with Crippen LogP contribution in [0.4, 0.5) is 5.95 Å². The predicted molar refractivity (Wildman–Crippen MR) is 161 cm³/mol. The maximum absolute atomic E-state index is 13.3. The van der Waals surface area contributed by atoms with Crippen LogP contribution >= 0.6 is 0 Å². The van der Waals surface area contributed by atoms with Crippen LogP contribution in [0.5, 0.6) is 0 Å². The highest BCUT2D eigenvalue weighted by atomic mass is 28.4. The van der Waals surface area contributed by atoms with Gasteiger partial charge in [0.25, 0.3) is 5.56 Å². The highest BCUT2D eigenvalue weighted by Crippen LogP contribution is 2.56. The Hall–Kier alpha value is -1.66. The van der Waals surface area contributed by atoms with Crippen LogP contribution in [0.15, 0.2) is 11.1 Å². The Morgan fingerprint density at radius 1 is 1.17 bits per heavy atom. The number of hydrogen-bond acceptors (Lipinski definition) is 10. The molecule has 4 rings (SSSR count). The van der Waals surface area contributed by atoms with Crippen LogP contribution in [-0.4, -0.2) is 83.8 Å². The fraction of sp³-hybridized carbons (Fsp3) is 0.815. The van der Waals surface area contributed by atoms with Crippen LogP contribution in [0.2, 0.25) is 28.2 Å². The Labute approximate surface area is 244 Å². The summed E-state index contributed by atoms with van der Waals surface area (Å²) in [5.74, 6) is -0.0968. The summed E-state index contributed by atoms with van der Waals surface area (Å²) in [5.41, 5.74) is 6.00. The Morgan fingerprint density at radius 3 is 2.32 bits per heavy atom. The van der Waals surface area contributed by atoms with Gasteiger partial charge in [-0.3, -0.25) is 13.9 Å². The van der Waals surface area contributed by atoms with Gasteiger partial charge in [0, 0.05) is 10.1 Å². The maximum atomic E-state index is 13.3. The van der Waals surface area contributed by atoms with Crippen molar-refractivity contribution in [2.75, 3.05) is 18.9 Å². The van der Waals surface area contributed by atoms with Gasteiger partial charge in [-0.15, -0.1) is 0 Å². The number of aromatic nitrogens is 4. The highest BCUT2D eigenvalue weighted by Gasteiger charge is 2.66. The minimum absolute atomic E-state index is 0.0790. The quantitative estimate of drug-likeness (QED) is 0.414. The van der Waals surface area contributed by atoms with Gasteiger partial charge in [0.1, 0.15) is 18.3 Å². The van der Waals surface area contributed by atoms with Crippen molar-refractivity contribution < 1.29 is 28.2 Å². The van der Waals surface area contributed by atoms with E-state index in [1.165, 1.54) is 6.33 Å². The van der Waals surface area contributed by atoms with Crippen molar-refractivity contribution >= 4 is 34.0 Å². The molecule has 1 unspecified atom stereocenters. The summed E-state index contributed by atoms with van der Waals surface area (Å²) in [4.78, 5) is 22.2. The highest BCUT2D eigenvalue weighted by molar-refractivity contribution is 6.74. The lowest BCUT2D eigenvalue weighted by Gasteiger charge is -2.54. The molecule has 232 valence electrons. The standard InChI is InChI=1S/C27H49N5O7Si2/c1-25(2,3)40(10,11)38-20-19-17(14-36-41(39-19,26(4,5)6)27(7,8)9)37-23(20)32-15-29-18-21(32)30-24(28)31(22(18)35)12-16(34)13-33/h15-17,19-20,23,33-34H,12-14H2,1-11H3,(H2,28,30)/t16?,17-,19-,20-,23-/m1/s1. The average Bonchev–Trinajstić information content (AvgIpc) is 3.40. The molecule has 4 N–H and O–H groups in total. The Kier molecular flexibility index (Phi) is 8.27. The van der Waals surface area contributed by atoms with E-state index in [0.29, 0.717) is 6.61 Å². The van der Waals surface area contributed by atoms with Crippen LogP contribution in [-0.2, 0) is 24.6 Å². The van der Waals surface area contributed by atoms with Gasteiger partial charge in [-0.2, -0.15) is 4.98 Å². The van der Waals surface area contributed by atoms with Crippen LogP contribution in [0.25, 0.3) is 11.2 Å². The Bertz CT molecular complexity index is 1310. The summed E-state index contributed by atoms with van der Waals surface area (Å²) in [7, 11) is -5.19. The summed E-state index contributed by atoms with van der Waals surface area (Å²) < 4.78 is 30.4. The third-order valence-corrected chi connectivity index (χ3v) is 18.4. The molecule has 2 aromatic heterocycles. The third kappa shape index (κ3) is 5.46. The molecule has 0 saturated carbocycles. The molecule has 2 aromatic rings. The van der Waals surface area contributed by atoms with E-state index in [1.54, 1.807) is 4.57 Å². The normalized spacial score (nSPS) is 26.4. The number of nitrogens with two attached hydrogens (primary N) is 1. The zero-order valence-corrected chi connectivity index (χ0v) is 28.4. The first kappa shape index (κ1) is 32.3. The van der Waals surface area contributed by atoms with E-state index >= 15 is 0 Å². The van der Waals surface area contributed by atoms with Crippen molar-refractivity contribution in [2.45, 2.75) is 128 Å². The van der Waals surface area contributed by atoms with Gasteiger partial charge in [-0.1, -0.05) is 62.3 Å². The largest absolute Gasteiger partial charge is 0.407 e. The molecule has 14 heteroatoms. The van der Waals surface area contributed by atoms with E-state index in [9.17, 15) is 15.0 Å². The molecular weight excluding hydrogens is 562 g/mol. The van der Waals surface area contributed by atoms with Crippen LogP contribution in [0, 0.1) is 0 Å². The lowest BCUT2D eigenvalue weighted by molar-refractivity contribution is -0.0795. The second-order valence-electron chi connectivity index (χ2n) is 15.0. The lowest BCUT2D eigenvalue weighted by Crippen LogP contribution is -2.66. The molecule has 4 heterocycles. The number of anilines is 1. The number of aliphatic hydroxyl groups excluding tert-OH is 2. The molecule has 0 radical (unpaired) electrons. The van der Waals surface area contributed by atoms with Crippen molar-refractivity contribution in [1.82, 2.24) is 19.1 Å². The number of hydrogen-bond donors (Lipinski definition) is 3. The number of nitrogen functional groups attached to an aromatic ring is 1. The molecule has 0 spiro atoms. The number of aliphatic hydroxyl groups is 2. The maximum Gasteiger partial charge on any atom is 0.349 e. The second-order valence-corrected chi connectivity index (χ2v) is 24.5. The van der Waals surface area contributed by atoms with E-state index in [4.69, 9.17) is 23.7 Å². The molecule has 0 aliphatic carbocycles. The minimum Gasteiger partial charge on any atom is -0.407 e. The lowest BCUT2D eigenvalue weighted by atomic mass is 10.1. The van der Waals surface area contributed by atoms with Gasteiger partial charge in [0.05, 0.1) is 32.2 Å². The van der Waals surface area contributed by atoms with E-state index in [-0.39, 0.29) is 38.8 Å². The van der Waals surface area contributed by atoms with Crippen LogP contribution in [0.1, 0.15) is 68.5 Å². The molecule has 2 fully saturated rings. The molecule has 12 nitrogen and oxygen atoms in total. The zero-order valence-electron chi connectivity index (χ0n) is 26.4. The summed E-state index contributed by atoms with van der Waals surface area (Å²) in [6, 6.07) is 0. The number of fused-ring (bicyclic) bond motifs is 2. The fourth-order valence-corrected chi connectivity index (χ4v) is 12.1. The number of imidazole rings is 1. The van der Waals surface area contributed by atoms with Crippen molar-refractivity contribution in [1.29, 1.82) is 0 Å². The fourth-order valence-electron chi connectivity index (χ4n) is 5.84. The van der Waals surface area contributed by atoms with Crippen LogP contribution < -0.4 is 11.3 Å². The monoisotopic (exact) mass is 611 g/mol. The van der Waals surface area contributed by atoms with E-state index in [2.05, 4.69) is 85.4 Å². The van der Waals surface area contributed by atoms with Crippen LogP contribution in [0.3, 0.4) is 0 Å². The van der Waals surface area contributed by atoms with Gasteiger partial charge >= 0.3 is 8.56 Å². The predicted octanol–water partition coefficient (Wildman–Crippen LogP) is 3.27. The SMILES string of the molecule is CC(C)(C)[Si](C)(C)O[C@@H]1[C@@H]2O[Si](C(C)(C)C)(C(C)(C)C)OC[C@H]2O[C@H]1n1cnc2c(=O)n(CC(O)CO)c(N)nc21. The van der Waals surface area contributed by atoms with Gasteiger partial charge in [-0.25, -0.2) is 4.98 Å². The Balaban J connectivity index is 1.84. The van der Waals surface area contributed by atoms with Crippen molar-refractivity contribution in [2.24, 2.45) is 0 Å². The van der Waals surface area contributed by atoms with Gasteiger partial charge in [-0.05, 0) is 18.1 Å². The summed E-state index contributed by atoms with van der Waals surface area (Å²) >= 11 is 0. The first-order chi connectivity index (χ1) is 18.6. The summed E-state index contributed by atoms with van der Waals surface area (Å²) in [5, 5.41) is 18.7. The third-order valence-electron chi connectivity index (χ3n) is 8.84. The average molecular weight is 612 g/mol. The first-order valence-electron chi connectivity index (χ1n) is 14.3. The van der Waals surface area contributed by atoms with Gasteiger partial charge in [0.2, 0.25) is 5.95 Å². The zero-order chi connectivity index (χ0) is 30.9. The van der Waals surface area contributed by atoms with Gasteiger partial charge in [0.15, 0.2) is 25.7 Å². The first-order valence-corrected chi connectivity index (χ1v) is 19.0. The molecule has 2 aliphatic rings. The van der Waals surface area contributed by atoms with Gasteiger partial charge < -0.3 is 34.0 Å². The number of nitrogens with zero attached hydrogens (tertiary/aromatic N) is 4. The number of rotatable bonds is 6. The molecule has 2 aliphatic heterocycles. The molecule has 41 heavy (non-hydrogen) atoms. The minimum atomic E-state index is -2.85. The van der Waals surface area contributed by atoms with Crippen molar-refractivity contribution in [3.05, 3.63) is 16.7 Å². The molecule has 0 aromatic carbocycles. The van der Waals surface area contributed by atoms with E-state index in [1.807, 2.05) is 0 Å². The topological polar surface area (TPSA) is 156 Å². The molecule has 2 saturated heterocycles. The van der Waals surface area contributed by atoms with Crippen molar-refractivity contribution in [3.8, 4) is 0 Å². The van der Waals surface area contributed by atoms with E-state index < -0.39 is 59.7 Å². The molecule has 0 bridgehead atoms. The molecule has 5 atom stereocenters. The summed E-state index contributed by atoms with van der Waals surface area (Å²) in [6.07, 6.45) is -1.64. The Morgan fingerprint density at radius 2 is 1.78 bits per heavy atom. The van der Waals surface area contributed by atoms with Crippen molar-refractivity contribution in [3.63, 3.8) is 0 Å². The summed E-state index contributed by atoms with van der Waals surface area (Å²) in [6.45, 7) is 23.7. The molecular formula is C27H49N5O7Si2. The smallest absolute Gasteiger partial charge is 0.349 e. The molecule has 0 amide bonds. The van der Waals surface area contributed by atoms with E-state index in [0.717, 1.165) is 4.57 Å².